The van der Waals surface area contributed by atoms with Gasteiger partial charge in [-0.2, -0.15) is 0 Å². The molecule has 0 spiro atoms. The summed E-state index contributed by atoms with van der Waals surface area (Å²) < 4.78 is 0. The average Bonchev–Trinajstić information content (AvgIpc) is 2.80. The molecule has 0 amide bonds. The first kappa shape index (κ1) is 20.4. The standard InChI is InChI=1S/C30H32/c1-7-25-26(8-2)29(23-15-11-9-12-16-23)30(24-17-13-10-14-18-24)28-22(6)20(4)19(3)21(5)27(25)28/h9-18H,7-8H2,1-6H3. The van der Waals surface area contributed by atoms with Crippen LogP contribution in [0.4, 0.5) is 0 Å². The van der Waals surface area contributed by atoms with Gasteiger partial charge in [-0.1, -0.05) is 74.5 Å². The first-order valence-electron chi connectivity index (χ1n) is 11.2. The third-order valence-electron chi connectivity index (χ3n) is 6.99. The molecule has 0 atom stereocenters. The zero-order chi connectivity index (χ0) is 21.4. The molecule has 4 aromatic carbocycles. The number of fused-ring (bicyclic) bond motifs is 1. The molecule has 0 saturated heterocycles. The van der Waals surface area contributed by atoms with Crippen LogP contribution >= 0.6 is 0 Å². The monoisotopic (exact) mass is 392 g/mol. The molecule has 0 heterocycles. The maximum atomic E-state index is 2.32. The lowest BCUT2D eigenvalue weighted by Crippen LogP contribution is -2.05. The van der Waals surface area contributed by atoms with Gasteiger partial charge in [0.05, 0.1) is 0 Å². The van der Waals surface area contributed by atoms with Crippen LogP contribution in [0.15, 0.2) is 60.7 Å². The predicted octanol–water partition coefficient (Wildman–Crippen LogP) is 8.53. The largest absolute Gasteiger partial charge is 0.0622 e. The first-order valence-corrected chi connectivity index (χ1v) is 11.2. The summed E-state index contributed by atoms with van der Waals surface area (Å²) in [7, 11) is 0. The zero-order valence-electron chi connectivity index (χ0n) is 19.2. The minimum absolute atomic E-state index is 1.04. The summed E-state index contributed by atoms with van der Waals surface area (Å²) >= 11 is 0. The van der Waals surface area contributed by atoms with Crippen molar-refractivity contribution in [3.05, 3.63) is 94.0 Å². The molecule has 152 valence electrons. The van der Waals surface area contributed by atoms with Crippen molar-refractivity contribution in [3.8, 4) is 22.3 Å². The van der Waals surface area contributed by atoms with Crippen LogP contribution in [0.1, 0.15) is 47.2 Å². The molecule has 4 aromatic rings. The van der Waals surface area contributed by atoms with Crippen LogP contribution in [0.3, 0.4) is 0 Å². The Hall–Kier alpha value is -2.86. The van der Waals surface area contributed by atoms with E-state index in [0.29, 0.717) is 0 Å². The molecule has 0 aliphatic heterocycles. The van der Waals surface area contributed by atoms with Crippen LogP contribution < -0.4 is 0 Å². The van der Waals surface area contributed by atoms with Crippen LogP contribution in [-0.2, 0) is 12.8 Å². The second kappa shape index (κ2) is 8.11. The molecule has 0 aliphatic rings. The van der Waals surface area contributed by atoms with Crippen molar-refractivity contribution in [2.45, 2.75) is 54.4 Å². The van der Waals surface area contributed by atoms with Crippen LogP contribution in [0.2, 0.25) is 0 Å². The molecule has 0 aromatic heterocycles. The average molecular weight is 393 g/mol. The molecular formula is C30H32. The van der Waals surface area contributed by atoms with Gasteiger partial charge in [-0.05, 0) is 107 Å². The van der Waals surface area contributed by atoms with Crippen molar-refractivity contribution >= 4 is 10.8 Å². The number of hydrogen-bond acceptors (Lipinski definition) is 0. The summed E-state index contributed by atoms with van der Waals surface area (Å²) in [5.41, 5.74) is 14.2. The number of benzene rings is 4. The summed E-state index contributed by atoms with van der Waals surface area (Å²) in [4.78, 5) is 0. The van der Waals surface area contributed by atoms with Crippen molar-refractivity contribution in [1.29, 1.82) is 0 Å². The van der Waals surface area contributed by atoms with E-state index in [4.69, 9.17) is 0 Å². The lowest BCUT2D eigenvalue weighted by atomic mass is 9.77. The first-order chi connectivity index (χ1) is 14.5. The van der Waals surface area contributed by atoms with E-state index in [-0.39, 0.29) is 0 Å². The third kappa shape index (κ3) is 3.06. The smallest absolute Gasteiger partial charge is 0.00210 e. The molecular weight excluding hydrogens is 360 g/mol. The van der Waals surface area contributed by atoms with Crippen molar-refractivity contribution < 1.29 is 0 Å². The second-order valence-corrected chi connectivity index (χ2v) is 8.40. The topological polar surface area (TPSA) is 0 Å². The summed E-state index contributed by atoms with van der Waals surface area (Å²) in [6.07, 6.45) is 2.09. The van der Waals surface area contributed by atoms with Crippen LogP contribution in [-0.4, -0.2) is 0 Å². The summed E-state index contributed by atoms with van der Waals surface area (Å²) in [6, 6.07) is 22.0. The highest BCUT2D eigenvalue weighted by molar-refractivity contribution is 6.10. The van der Waals surface area contributed by atoms with Crippen molar-refractivity contribution in [1.82, 2.24) is 0 Å². The van der Waals surface area contributed by atoms with Gasteiger partial charge in [-0.25, -0.2) is 0 Å². The Morgan fingerprint density at radius 3 is 1.37 bits per heavy atom. The van der Waals surface area contributed by atoms with Crippen molar-refractivity contribution in [2.75, 3.05) is 0 Å². The summed E-state index contributed by atoms with van der Waals surface area (Å²) in [6.45, 7) is 13.8. The summed E-state index contributed by atoms with van der Waals surface area (Å²) in [5, 5.41) is 2.92. The third-order valence-corrected chi connectivity index (χ3v) is 6.99. The van der Waals surface area contributed by atoms with Crippen LogP contribution in [0.5, 0.6) is 0 Å². The van der Waals surface area contributed by atoms with E-state index in [1.54, 1.807) is 0 Å². The highest BCUT2D eigenvalue weighted by Gasteiger charge is 2.23. The van der Waals surface area contributed by atoms with Crippen LogP contribution in [0, 0.1) is 27.7 Å². The van der Waals surface area contributed by atoms with E-state index in [9.17, 15) is 0 Å². The normalized spacial score (nSPS) is 11.3. The molecule has 4 rings (SSSR count). The van der Waals surface area contributed by atoms with Gasteiger partial charge in [0.15, 0.2) is 0 Å². The molecule has 0 heteroatoms. The Bertz CT molecular complexity index is 1210. The molecule has 0 N–H and O–H groups in total. The van der Waals surface area contributed by atoms with Gasteiger partial charge in [-0.3, -0.25) is 0 Å². The Morgan fingerprint density at radius 1 is 0.467 bits per heavy atom. The lowest BCUT2D eigenvalue weighted by molar-refractivity contribution is 1.05. The van der Waals surface area contributed by atoms with Gasteiger partial charge in [0, 0.05) is 0 Å². The molecule has 0 radical (unpaired) electrons. The molecule has 0 unspecified atom stereocenters. The summed E-state index contributed by atoms with van der Waals surface area (Å²) in [5.74, 6) is 0. The van der Waals surface area contributed by atoms with Gasteiger partial charge in [0.2, 0.25) is 0 Å². The number of aryl methyl sites for hydroxylation is 3. The Kier molecular flexibility index (Phi) is 5.52. The van der Waals surface area contributed by atoms with E-state index >= 15 is 0 Å². The SMILES string of the molecule is CCc1c(-c2ccccc2)c(-c2ccccc2)c2c(C)c(C)c(C)c(C)c2c1CC. The van der Waals surface area contributed by atoms with Crippen molar-refractivity contribution in [2.24, 2.45) is 0 Å². The van der Waals surface area contributed by atoms with Gasteiger partial charge in [0.25, 0.3) is 0 Å². The second-order valence-electron chi connectivity index (χ2n) is 8.40. The molecule has 0 nitrogen and oxygen atoms in total. The minimum Gasteiger partial charge on any atom is -0.0622 e. The fourth-order valence-corrected chi connectivity index (χ4v) is 5.18. The fourth-order valence-electron chi connectivity index (χ4n) is 5.18. The highest BCUT2D eigenvalue weighted by atomic mass is 14.3. The van der Waals surface area contributed by atoms with Gasteiger partial charge < -0.3 is 0 Å². The predicted molar refractivity (Wildman–Crippen MR) is 133 cm³/mol. The highest BCUT2D eigenvalue weighted by Crippen LogP contribution is 2.46. The Labute approximate surface area is 181 Å². The van der Waals surface area contributed by atoms with E-state index in [0.717, 1.165) is 12.8 Å². The number of rotatable bonds is 4. The molecule has 30 heavy (non-hydrogen) atoms. The molecule has 0 bridgehead atoms. The molecule has 0 aliphatic carbocycles. The van der Waals surface area contributed by atoms with Crippen LogP contribution in [0.25, 0.3) is 33.0 Å². The van der Waals surface area contributed by atoms with Crippen molar-refractivity contribution in [3.63, 3.8) is 0 Å². The maximum absolute atomic E-state index is 2.32. The van der Waals surface area contributed by atoms with E-state index in [1.807, 2.05) is 0 Å². The van der Waals surface area contributed by atoms with E-state index in [2.05, 4.69) is 102 Å². The minimum atomic E-state index is 1.04. The van der Waals surface area contributed by atoms with E-state index < -0.39 is 0 Å². The Morgan fingerprint density at radius 2 is 0.900 bits per heavy atom. The zero-order valence-corrected chi connectivity index (χ0v) is 19.2. The maximum Gasteiger partial charge on any atom is -0.00210 e. The van der Waals surface area contributed by atoms with Gasteiger partial charge in [-0.15, -0.1) is 0 Å². The molecule has 0 saturated carbocycles. The van der Waals surface area contributed by atoms with Gasteiger partial charge in [0.1, 0.15) is 0 Å². The quantitative estimate of drug-likeness (QED) is 0.326. The lowest BCUT2D eigenvalue weighted by Gasteiger charge is -2.26. The van der Waals surface area contributed by atoms with E-state index in [1.165, 1.54) is 66.4 Å². The fraction of sp³-hybridized carbons (Fsp3) is 0.267. The Balaban J connectivity index is 2.36. The number of hydrogen-bond donors (Lipinski definition) is 0. The molecule has 0 fully saturated rings. The van der Waals surface area contributed by atoms with Gasteiger partial charge >= 0.3 is 0 Å².